The lowest BCUT2D eigenvalue weighted by atomic mass is 10.0. The molecule has 2 aromatic carbocycles. The maximum absolute atomic E-state index is 13.1. The highest BCUT2D eigenvalue weighted by atomic mass is 32.2. The summed E-state index contributed by atoms with van der Waals surface area (Å²) < 4.78 is 32.6. The zero-order valence-corrected chi connectivity index (χ0v) is 18.7. The SMILES string of the molecule is COc1ccc(N(C)S(=O)(=O)c2cccc(C(=O)N3CCCC(N(C)C)C3)c2)cc1. The van der Waals surface area contributed by atoms with Gasteiger partial charge in [0.25, 0.3) is 15.9 Å². The minimum atomic E-state index is -3.81. The van der Waals surface area contributed by atoms with Crippen LogP contribution in [0.15, 0.2) is 53.4 Å². The van der Waals surface area contributed by atoms with Crippen molar-refractivity contribution in [3.63, 3.8) is 0 Å². The molecule has 1 heterocycles. The first-order chi connectivity index (χ1) is 14.2. The molecule has 0 radical (unpaired) electrons. The van der Waals surface area contributed by atoms with E-state index in [2.05, 4.69) is 4.90 Å². The van der Waals surface area contributed by atoms with E-state index in [1.807, 2.05) is 19.0 Å². The standard InChI is InChI=1S/C22H29N3O4S/c1-23(2)19-8-6-14-25(16-19)22(26)17-7-5-9-21(15-17)30(27,28)24(3)18-10-12-20(29-4)13-11-18/h5,7,9-13,15,19H,6,8,14,16H2,1-4H3. The lowest BCUT2D eigenvalue weighted by Gasteiger charge is -2.36. The van der Waals surface area contributed by atoms with Crippen LogP contribution in [-0.4, -0.2) is 71.5 Å². The zero-order chi connectivity index (χ0) is 21.9. The quantitative estimate of drug-likeness (QED) is 0.703. The van der Waals surface area contributed by atoms with Gasteiger partial charge in [0, 0.05) is 31.7 Å². The molecule has 0 aliphatic carbocycles. The first-order valence-electron chi connectivity index (χ1n) is 9.93. The van der Waals surface area contributed by atoms with Gasteiger partial charge in [0.05, 0.1) is 17.7 Å². The second-order valence-corrected chi connectivity index (χ2v) is 9.68. The zero-order valence-electron chi connectivity index (χ0n) is 17.9. The summed E-state index contributed by atoms with van der Waals surface area (Å²) >= 11 is 0. The maximum Gasteiger partial charge on any atom is 0.264 e. The average molecular weight is 432 g/mol. The van der Waals surface area contributed by atoms with E-state index in [1.54, 1.807) is 43.5 Å². The van der Waals surface area contributed by atoms with E-state index in [1.165, 1.54) is 23.5 Å². The molecule has 0 saturated carbocycles. The average Bonchev–Trinajstić information content (AvgIpc) is 2.78. The molecule has 7 nitrogen and oxygen atoms in total. The molecule has 1 unspecified atom stereocenters. The summed E-state index contributed by atoms with van der Waals surface area (Å²) in [5.41, 5.74) is 0.899. The van der Waals surface area contributed by atoms with E-state index >= 15 is 0 Å². The molecule has 162 valence electrons. The van der Waals surface area contributed by atoms with Crippen molar-refractivity contribution in [2.75, 3.05) is 45.6 Å². The van der Waals surface area contributed by atoms with E-state index in [0.29, 0.717) is 36.1 Å². The normalized spacial score (nSPS) is 17.1. The lowest BCUT2D eigenvalue weighted by Crippen LogP contribution is -2.47. The molecule has 2 aromatic rings. The Morgan fingerprint density at radius 2 is 1.80 bits per heavy atom. The number of methoxy groups -OCH3 is 1. The van der Waals surface area contributed by atoms with Crippen molar-refractivity contribution in [1.29, 1.82) is 0 Å². The minimum absolute atomic E-state index is 0.0906. The highest BCUT2D eigenvalue weighted by Gasteiger charge is 2.27. The number of sulfonamides is 1. The second-order valence-electron chi connectivity index (χ2n) is 7.71. The van der Waals surface area contributed by atoms with Gasteiger partial charge in [-0.25, -0.2) is 8.42 Å². The lowest BCUT2D eigenvalue weighted by molar-refractivity contribution is 0.0635. The summed E-state index contributed by atoms with van der Waals surface area (Å²) in [5.74, 6) is 0.514. The van der Waals surface area contributed by atoms with Gasteiger partial charge in [0.15, 0.2) is 0 Å². The molecule has 1 saturated heterocycles. The summed E-state index contributed by atoms with van der Waals surface area (Å²) in [6, 6.07) is 13.4. The number of nitrogens with zero attached hydrogens (tertiary/aromatic N) is 3. The maximum atomic E-state index is 13.1. The van der Waals surface area contributed by atoms with Gasteiger partial charge in [-0.3, -0.25) is 9.10 Å². The van der Waals surface area contributed by atoms with Crippen LogP contribution in [0.2, 0.25) is 0 Å². The van der Waals surface area contributed by atoms with Crippen molar-refractivity contribution in [2.24, 2.45) is 0 Å². The van der Waals surface area contributed by atoms with Crippen molar-refractivity contribution in [3.05, 3.63) is 54.1 Å². The number of ether oxygens (including phenoxy) is 1. The fraction of sp³-hybridized carbons (Fsp3) is 0.409. The van der Waals surface area contributed by atoms with E-state index in [-0.39, 0.29) is 10.8 Å². The smallest absolute Gasteiger partial charge is 0.264 e. The summed E-state index contributed by atoms with van der Waals surface area (Å²) in [7, 11) is 3.28. The fourth-order valence-electron chi connectivity index (χ4n) is 3.62. The van der Waals surface area contributed by atoms with Crippen LogP contribution < -0.4 is 9.04 Å². The van der Waals surface area contributed by atoms with Crippen LogP contribution in [-0.2, 0) is 10.0 Å². The van der Waals surface area contributed by atoms with Gasteiger partial charge in [-0.2, -0.15) is 0 Å². The Bertz CT molecular complexity index is 990. The number of benzene rings is 2. The predicted molar refractivity (Wildman–Crippen MR) is 118 cm³/mol. The van der Waals surface area contributed by atoms with Crippen LogP contribution >= 0.6 is 0 Å². The van der Waals surface area contributed by atoms with Crippen molar-refractivity contribution in [2.45, 2.75) is 23.8 Å². The third-order valence-electron chi connectivity index (χ3n) is 5.59. The molecule has 0 aromatic heterocycles. The third-order valence-corrected chi connectivity index (χ3v) is 7.37. The number of likely N-dealkylation sites (tertiary alicyclic amines) is 1. The number of carbonyl (C=O) groups is 1. The molecular weight excluding hydrogens is 402 g/mol. The Morgan fingerprint density at radius 1 is 1.10 bits per heavy atom. The fourth-order valence-corrected chi connectivity index (χ4v) is 4.86. The Kier molecular flexibility index (Phi) is 6.67. The Balaban J connectivity index is 1.83. The third kappa shape index (κ3) is 4.60. The number of hydrogen-bond acceptors (Lipinski definition) is 5. The number of piperidine rings is 1. The summed E-state index contributed by atoms with van der Waals surface area (Å²) in [4.78, 5) is 17.1. The Hall–Kier alpha value is -2.58. The van der Waals surface area contributed by atoms with Gasteiger partial charge in [-0.1, -0.05) is 6.07 Å². The van der Waals surface area contributed by atoms with Crippen LogP contribution in [0, 0.1) is 0 Å². The van der Waals surface area contributed by atoms with Crippen LogP contribution in [0.5, 0.6) is 5.75 Å². The second kappa shape index (κ2) is 9.06. The molecule has 0 bridgehead atoms. The molecule has 1 aliphatic rings. The molecule has 1 fully saturated rings. The first-order valence-corrected chi connectivity index (χ1v) is 11.4. The molecule has 8 heteroatoms. The number of amides is 1. The molecule has 30 heavy (non-hydrogen) atoms. The molecule has 1 atom stereocenters. The summed E-state index contributed by atoms with van der Waals surface area (Å²) in [6.07, 6.45) is 1.99. The van der Waals surface area contributed by atoms with Gasteiger partial charge in [0.2, 0.25) is 0 Å². The van der Waals surface area contributed by atoms with E-state index in [9.17, 15) is 13.2 Å². The van der Waals surface area contributed by atoms with E-state index in [0.717, 1.165) is 12.8 Å². The summed E-state index contributed by atoms with van der Waals surface area (Å²) in [6.45, 7) is 1.33. The van der Waals surface area contributed by atoms with Gasteiger partial charge in [-0.15, -0.1) is 0 Å². The molecular formula is C22H29N3O4S. The molecule has 1 aliphatic heterocycles. The van der Waals surface area contributed by atoms with Gasteiger partial charge < -0.3 is 14.5 Å². The summed E-state index contributed by atoms with van der Waals surface area (Å²) in [5, 5.41) is 0. The van der Waals surface area contributed by atoms with Gasteiger partial charge in [0.1, 0.15) is 5.75 Å². The van der Waals surface area contributed by atoms with Crippen molar-refractivity contribution >= 4 is 21.6 Å². The molecule has 0 spiro atoms. The number of rotatable bonds is 6. The predicted octanol–water partition coefficient (Wildman–Crippen LogP) is 2.69. The van der Waals surface area contributed by atoms with Crippen molar-refractivity contribution in [1.82, 2.24) is 9.80 Å². The van der Waals surface area contributed by atoms with Crippen molar-refractivity contribution < 1.29 is 17.9 Å². The van der Waals surface area contributed by atoms with Crippen LogP contribution in [0.3, 0.4) is 0 Å². The first kappa shape index (κ1) is 22.1. The Morgan fingerprint density at radius 3 is 2.43 bits per heavy atom. The Labute approximate surface area is 178 Å². The van der Waals surface area contributed by atoms with E-state index in [4.69, 9.17) is 4.74 Å². The number of hydrogen-bond donors (Lipinski definition) is 0. The molecule has 1 amide bonds. The van der Waals surface area contributed by atoms with Gasteiger partial charge >= 0.3 is 0 Å². The number of likely N-dealkylation sites (N-methyl/N-ethyl adjacent to an activating group) is 1. The van der Waals surface area contributed by atoms with Crippen LogP contribution in [0.1, 0.15) is 23.2 Å². The van der Waals surface area contributed by atoms with Crippen molar-refractivity contribution in [3.8, 4) is 5.75 Å². The monoisotopic (exact) mass is 431 g/mol. The molecule has 3 rings (SSSR count). The molecule has 0 N–H and O–H groups in total. The largest absolute Gasteiger partial charge is 0.497 e. The number of anilines is 1. The minimum Gasteiger partial charge on any atom is -0.497 e. The van der Waals surface area contributed by atoms with Gasteiger partial charge in [-0.05, 0) is 69.4 Å². The number of carbonyl (C=O) groups excluding carboxylic acids is 1. The topological polar surface area (TPSA) is 70.2 Å². The van der Waals surface area contributed by atoms with Crippen LogP contribution in [0.4, 0.5) is 5.69 Å². The highest BCUT2D eigenvalue weighted by Crippen LogP contribution is 2.25. The van der Waals surface area contributed by atoms with Crippen LogP contribution in [0.25, 0.3) is 0 Å². The highest BCUT2D eigenvalue weighted by molar-refractivity contribution is 7.92. The van der Waals surface area contributed by atoms with E-state index < -0.39 is 10.0 Å².